The highest BCUT2D eigenvalue weighted by atomic mass is 16.5. The van der Waals surface area contributed by atoms with Gasteiger partial charge in [-0.15, -0.1) is 0 Å². The maximum Gasteiger partial charge on any atom is 0.286 e. The quantitative estimate of drug-likeness (QED) is 0.628. The topological polar surface area (TPSA) is 134 Å². The summed E-state index contributed by atoms with van der Waals surface area (Å²) in [5.41, 5.74) is 7.37. The van der Waals surface area contributed by atoms with Gasteiger partial charge in [0, 0.05) is 44.6 Å². The summed E-state index contributed by atoms with van der Waals surface area (Å²) >= 11 is 0. The Hall–Kier alpha value is -3.18. The van der Waals surface area contributed by atoms with Crippen LogP contribution in [0.25, 0.3) is 22.6 Å². The molecule has 0 radical (unpaired) electrons. The van der Waals surface area contributed by atoms with E-state index in [9.17, 15) is 4.79 Å². The Balaban J connectivity index is 1.59. The first-order valence-corrected chi connectivity index (χ1v) is 9.94. The third-order valence-corrected chi connectivity index (χ3v) is 5.37. The van der Waals surface area contributed by atoms with E-state index in [0.717, 1.165) is 56.3 Å². The van der Waals surface area contributed by atoms with Crippen molar-refractivity contribution >= 4 is 22.9 Å². The minimum atomic E-state index is -0.677. The van der Waals surface area contributed by atoms with Gasteiger partial charge in [0.25, 0.3) is 5.91 Å². The van der Waals surface area contributed by atoms with Gasteiger partial charge in [0.05, 0.1) is 31.7 Å². The molecule has 1 unspecified atom stereocenters. The highest BCUT2D eigenvalue weighted by Crippen LogP contribution is 2.28. The molecular weight excluding hydrogens is 388 g/mol. The number of hydrogen-bond donors (Lipinski definition) is 1. The van der Waals surface area contributed by atoms with E-state index in [2.05, 4.69) is 24.4 Å². The van der Waals surface area contributed by atoms with Crippen molar-refractivity contribution in [2.75, 3.05) is 44.4 Å². The second kappa shape index (κ2) is 7.92. The Morgan fingerprint density at radius 2 is 1.90 bits per heavy atom. The number of amides is 1. The Bertz CT molecular complexity index is 1060. The molecule has 2 fully saturated rings. The monoisotopic (exact) mass is 410 g/mol. The number of rotatable bonds is 5. The summed E-state index contributed by atoms with van der Waals surface area (Å²) in [6.07, 6.45) is 5.88. The van der Waals surface area contributed by atoms with Crippen molar-refractivity contribution in [2.45, 2.75) is 13.0 Å². The fourth-order valence-corrected chi connectivity index (χ4v) is 3.76. The lowest BCUT2D eigenvalue weighted by Crippen LogP contribution is -2.37. The van der Waals surface area contributed by atoms with E-state index in [1.165, 1.54) is 12.4 Å². The Labute approximate surface area is 172 Å². The Morgan fingerprint density at radius 3 is 2.60 bits per heavy atom. The third-order valence-electron chi connectivity index (χ3n) is 5.37. The normalized spacial score (nSPS) is 19.5. The van der Waals surface area contributed by atoms with E-state index in [0.29, 0.717) is 30.5 Å². The standard InChI is InChI=1S/C19H22N8O3/c20-15(28)17-21-7-13(8-22-17)16-24-18(26-2-5-29-6-3-26)14-19(25-16)27(11-23-14)9-12-1-4-30-10-12/h7-8,11-12H,1-6,9-10H2,(H2,20,28). The number of ether oxygens (including phenoxy) is 2. The molecule has 5 rings (SSSR count). The smallest absolute Gasteiger partial charge is 0.286 e. The average molecular weight is 410 g/mol. The molecule has 0 bridgehead atoms. The summed E-state index contributed by atoms with van der Waals surface area (Å²) in [7, 11) is 0. The summed E-state index contributed by atoms with van der Waals surface area (Å²) in [5, 5.41) is 0. The molecule has 0 aliphatic carbocycles. The van der Waals surface area contributed by atoms with Gasteiger partial charge in [0.15, 0.2) is 22.8 Å². The van der Waals surface area contributed by atoms with Gasteiger partial charge in [0.1, 0.15) is 0 Å². The zero-order chi connectivity index (χ0) is 20.5. The maximum absolute atomic E-state index is 11.3. The summed E-state index contributed by atoms with van der Waals surface area (Å²) in [6.45, 7) is 5.05. The van der Waals surface area contributed by atoms with Crippen LogP contribution in [-0.4, -0.2) is 74.9 Å². The molecule has 11 nitrogen and oxygen atoms in total. The lowest BCUT2D eigenvalue weighted by molar-refractivity contribution is 0.0990. The lowest BCUT2D eigenvalue weighted by atomic mass is 10.1. The second-order valence-electron chi connectivity index (χ2n) is 7.43. The van der Waals surface area contributed by atoms with E-state index >= 15 is 0 Å². The van der Waals surface area contributed by atoms with Crippen molar-refractivity contribution in [1.29, 1.82) is 0 Å². The molecular formula is C19H22N8O3. The van der Waals surface area contributed by atoms with Crippen LogP contribution in [0.2, 0.25) is 0 Å². The van der Waals surface area contributed by atoms with Gasteiger partial charge in [-0.3, -0.25) is 4.79 Å². The van der Waals surface area contributed by atoms with Crippen molar-refractivity contribution in [3.8, 4) is 11.4 Å². The van der Waals surface area contributed by atoms with Crippen LogP contribution < -0.4 is 10.6 Å². The molecule has 5 heterocycles. The number of carbonyl (C=O) groups is 1. The van der Waals surface area contributed by atoms with E-state index in [4.69, 9.17) is 25.2 Å². The predicted molar refractivity (Wildman–Crippen MR) is 107 cm³/mol. The molecule has 0 spiro atoms. The number of fused-ring (bicyclic) bond motifs is 1. The number of anilines is 1. The maximum atomic E-state index is 11.3. The third kappa shape index (κ3) is 3.57. The number of morpholine rings is 1. The van der Waals surface area contributed by atoms with Crippen LogP contribution in [-0.2, 0) is 16.0 Å². The SMILES string of the molecule is NC(=O)c1ncc(-c2nc(N3CCOCC3)c3ncn(CC4CCOC4)c3n2)cn1. The summed E-state index contributed by atoms with van der Waals surface area (Å²) in [6, 6.07) is 0. The van der Waals surface area contributed by atoms with Crippen molar-refractivity contribution in [2.24, 2.45) is 11.7 Å². The van der Waals surface area contributed by atoms with Gasteiger partial charge >= 0.3 is 0 Å². The summed E-state index contributed by atoms with van der Waals surface area (Å²) in [5.74, 6) is 0.956. The fourth-order valence-electron chi connectivity index (χ4n) is 3.76. The van der Waals surface area contributed by atoms with Crippen LogP contribution in [0.3, 0.4) is 0 Å². The first kappa shape index (κ1) is 18.8. The number of carbonyl (C=O) groups excluding carboxylic acids is 1. The number of primary amides is 1. The molecule has 3 aromatic rings. The van der Waals surface area contributed by atoms with Gasteiger partial charge in [-0.2, -0.15) is 0 Å². The molecule has 0 saturated carbocycles. The van der Waals surface area contributed by atoms with Crippen LogP contribution in [0, 0.1) is 5.92 Å². The average Bonchev–Trinajstić information content (AvgIpc) is 3.44. The molecule has 2 saturated heterocycles. The van der Waals surface area contributed by atoms with Crippen LogP contribution in [0.5, 0.6) is 0 Å². The van der Waals surface area contributed by atoms with Crippen molar-refractivity contribution in [1.82, 2.24) is 29.5 Å². The Kier molecular flexibility index (Phi) is 4.97. The number of nitrogens with zero attached hydrogens (tertiary/aromatic N) is 7. The van der Waals surface area contributed by atoms with Crippen molar-refractivity contribution in [3.05, 3.63) is 24.5 Å². The number of hydrogen-bond acceptors (Lipinski definition) is 9. The highest BCUT2D eigenvalue weighted by molar-refractivity contribution is 5.89. The fraction of sp³-hybridized carbons (Fsp3) is 0.474. The molecule has 3 aromatic heterocycles. The van der Waals surface area contributed by atoms with E-state index in [1.807, 2.05) is 6.33 Å². The van der Waals surface area contributed by atoms with Crippen LogP contribution in [0.15, 0.2) is 18.7 Å². The largest absolute Gasteiger partial charge is 0.381 e. The van der Waals surface area contributed by atoms with Crippen molar-refractivity contribution in [3.63, 3.8) is 0 Å². The van der Waals surface area contributed by atoms with Crippen molar-refractivity contribution < 1.29 is 14.3 Å². The first-order chi connectivity index (χ1) is 14.7. The highest BCUT2D eigenvalue weighted by Gasteiger charge is 2.23. The molecule has 0 aromatic carbocycles. The molecule has 156 valence electrons. The van der Waals surface area contributed by atoms with Gasteiger partial charge in [-0.05, 0) is 6.42 Å². The number of nitrogens with two attached hydrogens (primary N) is 1. The molecule has 11 heteroatoms. The van der Waals surface area contributed by atoms with Crippen LogP contribution in [0.1, 0.15) is 17.0 Å². The van der Waals surface area contributed by atoms with Gasteiger partial charge < -0.3 is 24.7 Å². The predicted octanol–water partition coefficient (Wildman–Crippen LogP) is 0.255. The zero-order valence-corrected chi connectivity index (χ0v) is 16.4. The van der Waals surface area contributed by atoms with E-state index in [1.54, 1.807) is 0 Å². The van der Waals surface area contributed by atoms with Gasteiger partial charge in [-0.25, -0.2) is 24.9 Å². The first-order valence-electron chi connectivity index (χ1n) is 9.94. The van der Waals surface area contributed by atoms with Crippen LogP contribution >= 0.6 is 0 Å². The molecule has 1 atom stereocenters. The lowest BCUT2D eigenvalue weighted by Gasteiger charge is -2.28. The van der Waals surface area contributed by atoms with Crippen LogP contribution in [0.4, 0.5) is 5.82 Å². The van der Waals surface area contributed by atoms with Gasteiger partial charge in [0.2, 0.25) is 5.82 Å². The minimum Gasteiger partial charge on any atom is -0.381 e. The molecule has 1 amide bonds. The number of aromatic nitrogens is 6. The summed E-state index contributed by atoms with van der Waals surface area (Å²) < 4.78 is 13.1. The second-order valence-corrected chi connectivity index (χ2v) is 7.43. The van der Waals surface area contributed by atoms with Gasteiger partial charge in [-0.1, -0.05) is 0 Å². The molecule has 2 N–H and O–H groups in total. The summed E-state index contributed by atoms with van der Waals surface area (Å²) in [4.78, 5) is 35.7. The Morgan fingerprint density at radius 1 is 1.10 bits per heavy atom. The zero-order valence-electron chi connectivity index (χ0n) is 16.4. The molecule has 2 aliphatic rings. The van der Waals surface area contributed by atoms with E-state index in [-0.39, 0.29) is 5.82 Å². The molecule has 2 aliphatic heterocycles. The van der Waals surface area contributed by atoms with E-state index < -0.39 is 5.91 Å². The number of imidazole rings is 1. The molecule has 30 heavy (non-hydrogen) atoms. The minimum absolute atomic E-state index is 0.0421.